The average Bonchev–Trinajstić information content (AvgIpc) is 3.56. The fraction of sp³-hybridized carbons (Fsp3) is 0.200. The first-order chi connectivity index (χ1) is 25.0. The van der Waals surface area contributed by atoms with E-state index in [1.54, 1.807) is 0 Å². The molecule has 6 heteroatoms. The van der Waals surface area contributed by atoms with Crippen molar-refractivity contribution in [3.63, 3.8) is 0 Å². The summed E-state index contributed by atoms with van der Waals surface area (Å²) in [5.74, 6) is -0.795. The Morgan fingerprint density at radius 2 is 1.00 bits per heavy atom. The van der Waals surface area contributed by atoms with Crippen LogP contribution in [0.5, 0.6) is 0 Å². The van der Waals surface area contributed by atoms with Gasteiger partial charge in [-0.2, -0.15) is 0 Å². The molecular weight excluding hydrogens is 649 g/mol. The van der Waals surface area contributed by atoms with Crippen LogP contribution in [0.2, 0.25) is 0 Å². The van der Waals surface area contributed by atoms with E-state index in [9.17, 15) is 0 Å². The lowest BCUT2D eigenvalue weighted by atomic mass is 9.82. The zero-order chi connectivity index (χ0) is 34.9. The summed E-state index contributed by atoms with van der Waals surface area (Å²) in [6.45, 7) is 5.48. The summed E-state index contributed by atoms with van der Waals surface area (Å²) in [7, 11) is -1.84. The highest BCUT2D eigenvalue weighted by Gasteiger charge is 2.53. The second kappa shape index (κ2) is 16.3. The summed E-state index contributed by atoms with van der Waals surface area (Å²) in [6, 6.07) is 62.7. The van der Waals surface area contributed by atoms with E-state index >= 15 is 0 Å². The van der Waals surface area contributed by atoms with Crippen LogP contribution >= 0.6 is 8.53 Å². The van der Waals surface area contributed by atoms with Crippen LogP contribution in [0.3, 0.4) is 0 Å². The number of nitrogens with zero attached hydrogens (tertiary/aromatic N) is 1. The van der Waals surface area contributed by atoms with Gasteiger partial charge in [-0.1, -0.05) is 182 Å². The minimum atomic E-state index is -1.84. The molecular formula is C45H44NO4P. The number of hydrogen-bond acceptors (Lipinski definition) is 5. The minimum absolute atomic E-state index is 0.345. The third kappa shape index (κ3) is 8.38. The zero-order valence-corrected chi connectivity index (χ0v) is 30.0. The summed E-state index contributed by atoms with van der Waals surface area (Å²) in [4.78, 5) is 0. The van der Waals surface area contributed by atoms with Gasteiger partial charge in [0.05, 0.1) is 6.61 Å². The summed E-state index contributed by atoms with van der Waals surface area (Å²) in [5.41, 5.74) is 5.26. The van der Waals surface area contributed by atoms with Crippen molar-refractivity contribution in [3.8, 4) is 0 Å². The Morgan fingerprint density at radius 3 is 1.39 bits per heavy atom. The normalized spacial score (nSPS) is 16.4. The van der Waals surface area contributed by atoms with E-state index in [0.29, 0.717) is 19.7 Å². The van der Waals surface area contributed by atoms with Crippen molar-refractivity contribution in [3.05, 3.63) is 215 Å². The van der Waals surface area contributed by atoms with Crippen molar-refractivity contribution in [1.82, 2.24) is 4.67 Å². The van der Waals surface area contributed by atoms with Crippen molar-refractivity contribution in [1.29, 1.82) is 0 Å². The van der Waals surface area contributed by atoms with Gasteiger partial charge < -0.3 is 18.5 Å². The van der Waals surface area contributed by atoms with Crippen LogP contribution in [0, 0.1) is 0 Å². The molecule has 0 N–H and O–H groups in total. The molecule has 6 aromatic carbocycles. The summed E-state index contributed by atoms with van der Waals surface area (Å²) in [5, 5.41) is 0. The van der Waals surface area contributed by atoms with Crippen molar-refractivity contribution in [2.24, 2.45) is 0 Å². The Balaban J connectivity index is 1.43. The molecule has 0 saturated carbocycles. The predicted molar refractivity (Wildman–Crippen MR) is 205 cm³/mol. The molecule has 258 valence electrons. The van der Waals surface area contributed by atoms with Crippen LogP contribution < -0.4 is 0 Å². The van der Waals surface area contributed by atoms with E-state index in [0.717, 1.165) is 33.4 Å². The van der Waals surface area contributed by atoms with Gasteiger partial charge in [0.25, 0.3) is 8.53 Å². The first-order valence-corrected chi connectivity index (χ1v) is 18.6. The summed E-state index contributed by atoms with van der Waals surface area (Å²) >= 11 is 0. The van der Waals surface area contributed by atoms with E-state index in [1.807, 2.05) is 38.1 Å². The van der Waals surface area contributed by atoms with Gasteiger partial charge in [0.15, 0.2) is 11.4 Å². The lowest BCUT2D eigenvalue weighted by Crippen LogP contribution is -2.45. The van der Waals surface area contributed by atoms with Gasteiger partial charge in [0, 0.05) is 13.1 Å². The zero-order valence-electron chi connectivity index (χ0n) is 29.1. The van der Waals surface area contributed by atoms with E-state index in [1.165, 1.54) is 0 Å². The molecule has 2 atom stereocenters. The molecule has 1 saturated heterocycles. The number of rotatable bonds is 14. The molecule has 0 aliphatic carbocycles. The van der Waals surface area contributed by atoms with Gasteiger partial charge in [0.2, 0.25) is 0 Å². The Bertz CT molecular complexity index is 1790. The van der Waals surface area contributed by atoms with Crippen LogP contribution in [-0.4, -0.2) is 23.2 Å². The molecule has 0 amide bonds. The highest BCUT2D eigenvalue weighted by molar-refractivity contribution is 7.44. The lowest BCUT2D eigenvalue weighted by Gasteiger charge is -2.44. The Kier molecular flexibility index (Phi) is 11.2. The van der Waals surface area contributed by atoms with Crippen LogP contribution in [-0.2, 0) is 37.2 Å². The number of benzene rings is 6. The third-order valence-electron chi connectivity index (χ3n) is 9.14. The summed E-state index contributed by atoms with van der Waals surface area (Å²) in [6.07, 6.45) is -0.887. The van der Waals surface area contributed by atoms with Gasteiger partial charge in [0.1, 0.15) is 12.2 Å². The van der Waals surface area contributed by atoms with E-state index in [4.69, 9.17) is 18.5 Å². The van der Waals surface area contributed by atoms with Crippen molar-refractivity contribution in [2.45, 2.75) is 50.5 Å². The van der Waals surface area contributed by atoms with Crippen molar-refractivity contribution >= 4 is 8.53 Å². The molecule has 51 heavy (non-hydrogen) atoms. The topological polar surface area (TPSA) is 40.2 Å². The van der Waals surface area contributed by atoms with Crippen molar-refractivity contribution in [2.75, 3.05) is 6.61 Å². The monoisotopic (exact) mass is 693 g/mol. The largest absolute Gasteiger partial charge is 0.348 e. The molecule has 0 radical (unpaired) electrons. The van der Waals surface area contributed by atoms with Gasteiger partial charge >= 0.3 is 0 Å². The molecule has 0 spiro atoms. The van der Waals surface area contributed by atoms with E-state index in [2.05, 4.69) is 162 Å². The maximum atomic E-state index is 7.83. The van der Waals surface area contributed by atoms with Crippen LogP contribution in [0.1, 0.15) is 53.3 Å². The van der Waals surface area contributed by atoms with Crippen LogP contribution in [0.15, 0.2) is 182 Å². The smallest absolute Gasteiger partial charge is 0.261 e. The van der Waals surface area contributed by atoms with Gasteiger partial charge in [-0.25, -0.2) is 4.67 Å². The maximum absolute atomic E-state index is 7.83. The maximum Gasteiger partial charge on any atom is 0.261 e. The third-order valence-corrected chi connectivity index (χ3v) is 10.7. The Hall–Kier alpha value is -4.45. The molecule has 1 fully saturated rings. The quantitative estimate of drug-likeness (QED) is 0.106. The van der Waals surface area contributed by atoms with E-state index in [-0.39, 0.29) is 0 Å². The predicted octanol–water partition coefficient (Wildman–Crippen LogP) is 10.8. The molecule has 2 unspecified atom stereocenters. The molecule has 1 aliphatic heterocycles. The van der Waals surface area contributed by atoms with Gasteiger partial charge in [-0.15, -0.1) is 0 Å². The molecule has 0 aromatic heterocycles. The summed E-state index contributed by atoms with van der Waals surface area (Å²) < 4.78 is 30.8. The Labute approximate surface area is 303 Å². The molecule has 1 heterocycles. The fourth-order valence-electron chi connectivity index (χ4n) is 6.65. The van der Waals surface area contributed by atoms with Crippen LogP contribution in [0.25, 0.3) is 0 Å². The highest BCUT2D eigenvalue weighted by atomic mass is 31.2. The Morgan fingerprint density at radius 1 is 0.608 bits per heavy atom. The average molecular weight is 694 g/mol. The van der Waals surface area contributed by atoms with Gasteiger partial charge in [-0.3, -0.25) is 0 Å². The first kappa shape index (κ1) is 35.0. The molecule has 1 aliphatic rings. The van der Waals surface area contributed by atoms with E-state index < -0.39 is 32.1 Å². The standard InChI is InChI=1S/C45H44NO4P/c1-44(2)47-35-42(48-44)45(40-29-17-7-18-30-40,41-31-19-8-20-32-41)50-51(49-43(38-25-13-5-14-26-38)39-27-15-6-16-28-39)46(33-36-21-9-3-10-22-36)34-37-23-11-4-12-24-37/h3-32,42-43H,33-35H2,1-2H3. The van der Waals surface area contributed by atoms with Crippen molar-refractivity contribution < 1.29 is 18.5 Å². The highest BCUT2D eigenvalue weighted by Crippen LogP contribution is 2.58. The number of ether oxygens (including phenoxy) is 2. The first-order valence-electron chi connectivity index (χ1n) is 17.5. The minimum Gasteiger partial charge on any atom is -0.348 e. The second-order valence-corrected chi connectivity index (χ2v) is 14.6. The molecule has 0 bridgehead atoms. The fourth-order valence-corrected chi connectivity index (χ4v) is 8.50. The van der Waals surface area contributed by atoms with Crippen LogP contribution in [0.4, 0.5) is 0 Å². The second-order valence-electron chi connectivity index (χ2n) is 13.2. The SMILES string of the molecule is CC1(C)OCC(C(OP(OC(c2ccccc2)c2ccccc2)N(Cc2ccccc2)Cc2ccccc2)(c2ccccc2)c2ccccc2)O1. The van der Waals surface area contributed by atoms with Gasteiger partial charge in [-0.05, 0) is 47.2 Å². The lowest BCUT2D eigenvalue weighted by molar-refractivity contribution is -0.161. The molecule has 7 rings (SSSR count). The molecule has 6 aromatic rings. The number of hydrogen-bond donors (Lipinski definition) is 0. The molecule has 5 nitrogen and oxygen atoms in total.